The average Bonchev–Trinajstić information content (AvgIpc) is 2.26. The summed E-state index contributed by atoms with van der Waals surface area (Å²) in [6.07, 6.45) is 2.33. The Kier molecular flexibility index (Phi) is 4.68. The predicted octanol–water partition coefficient (Wildman–Crippen LogP) is 1.46. The zero-order valence-corrected chi connectivity index (χ0v) is 9.85. The van der Waals surface area contributed by atoms with Crippen LogP contribution < -0.4 is 5.84 Å². The van der Waals surface area contributed by atoms with Gasteiger partial charge >= 0.3 is 0 Å². The summed E-state index contributed by atoms with van der Waals surface area (Å²) in [6, 6.07) is 0.584. The van der Waals surface area contributed by atoms with Gasteiger partial charge in [-0.25, -0.2) is 0 Å². The summed E-state index contributed by atoms with van der Waals surface area (Å²) in [7, 11) is 1.75. The van der Waals surface area contributed by atoms with E-state index < -0.39 is 0 Å². The van der Waals surface area contributed by atoms with E-state index in [4.69, 9.17) is 5.84 Å². The van der Waals surface area contributed by atoms with E-state index in [9.17, 15) is 0 Å². The monoisotopic (exact) mass is 211 g/mol. The van der Waals surface area contributed by atoms with Crippen LogP contribution in [0.3, 0.4) is 0 Å². The van der Waals surface area contributed by atoms with Crippen LogP contribution in [0.2, 0.25) is 0 Å². The van der Waals surface area contributed by atoms with E-state index in [-0.39, 0.29) is 0 Å². The van der Waals surface area contributed by atoms with E-state index in [1.165, 1.54) is 13.0 Å². The van der Waals surface area contributed by atoms with Crippen LogP contribution in [0.1, 0.15) is 26.7 Å². The molecule has 0 aromatic heterocycles. The number of nitrogens with zero attached hydrogens (tertiary/aromatic N) is 4. The second-order valence-corrected chi connectivity index (χ2v) is 4.23. The molecule has 0 aromatic rings. The van der Waals surface area contributed by atoms with E-state index in [0.29, 0.717) is 12.0 Å². The maximum Gasteiger partial charge on any atom is 0.152 e. The molecule has 0 unspecified atom stereocenters. The minimum atomic E-state index is 0.387. The van der Waals surface area contributed by atoms with Crippen molar-refractivity contribution in [2.75, 3.05) is 20.1 Å². The van der Waals surface area contributed by atoms with E-state index in [0.717, 1.165) is 18.8 Å². The van der Waals surface area contributed by atoms with Gasteiger partial charge in [0.1, 0.15) is 0 Å². The topological polar surface area (TPSA) is 66.3 Å². The Morgan fingerprint density at radius 2 is 2.20 bits per heavy atom. The Balaban J connectivity index is 2.62. The Labute approximate surface area is 91.4 Å². The Morgan fingerprint density at radius 1 is 1.47 bits per heavy atom. The summed E-state index contributed by atoms with van der Waals surface area (Å²) in [6.45, 7) is 6.62. The molecule has 0 radical (unpaired) electrons. The van der Waals surface area contributed by atoms with Crippen LogP contribution in [0.4, 0.5) is 0 Å². The summed E-state index contributed by atoms with van der Waals surface area (Å²) in [5.41, 5.74) is 0. The van der Waals surface area contributed by atoms with Crippen molar-refractivity contribution in [3.63, 3.8) is 0 Å². The summed E-state index contributed by atoms with van der Waals surface area (Å²) < 4.78 is 0. The van der Waals surface area contributed by atoms with Crippen LogP contribution in [0.5, 0.6) is 0 Å². The fourth-order valence-electron chi connectivity index (χ4n) is 2.05. The van der Waals surface area contributed by atoms with Crippen LogP contribution in [-0.4, -0.2) is 36.9 Å². The van der Waals surface area contributed by atoms with Crippen LogP contribution in [0, 0.1) is 5.92 Å². The molecule has 1 saturated heterocycles. The van der Waals surface area contributed by atoms with Crippen molar-refractivity contribution < 1.29 is 0 Å². The highest BCUT2D eigenvalue weighted by Crippen LogP contribution is 2.20. The zero-order chi connectivity index (χ0) is 11.3. The molecule has 1 aliphatic rings. The first-order chi connectivity index (χ1) is 7.19. The van der Waals surface area contributed by atoms with Crippen molar-refractivity contribution in [1.29, 1.82) is 0 Å². The predicted molar refractivity (Wildman–Crippen MR) is 61.8 cm³/mol. The standard InChI is InChI=1S/C10H21N5/c1-8(2)15-6-4-5-9(7-15)10(12-3)13-14-11/h8-9H,4-7H2,1-3H3,(H2,11,12,13)/t9-/m0/s1. The highest BCUT2D eigenvalue weighted by molar-refractivity contribution is 5.85. The molecule has 5 nitrogen and oxygen atoms in total. The molecular weight excluding hydrogens is 190 g/mol. The molecule has 0 amide bonds. The van der Waals surface area contributed by atoms with Gasteiger partial charge in [0.25, 0.3) is 0 Å². The van der Waals surface area contributed by atoms with E-state index in [1.807, 2.05) is 0 Å². The van der Waals surface area contributed by atoms with Crippen LogP contribution in [-0.2, 0) is 0 Å². The molecule has 0 aromatic carbocycles. The Morgan fingerprint density at radius 3 is 2.73 bits per heavy atom. The van der Waals surface area contributed by atoms with Gasteiger partial charge in [0.2, 0.25) is 0 Å². The fraction of sp³-hybridized carbons (Fsp3) is 0.900. The second-order valence-electron chi connectivity index (χ2n) is 4.23. The van der Waals surface area contributed by atoms with Gasteiger partial charge in [-0.05, 0) is 33.2 Å². The van der Waals surface area contributed by atoms with Gasteiger partial charge < -0.3 is 10.7 Å². The lowest BCUT2D eigenvalue weighted by molar-refractivity contribution is 0.164. The number of hydrogen-bond acceptors (Lipinski definition) is 3. The smallest absolute Gasteiger partial charge is 0.152 e. The number of piperidine rings is 1. The normalized spacial score (nSPS) is 25.3. The fourth-order valence-corrected chi connectivity index (χ4v) is 2.05. The van der Waals surface area contributed by atoms with Crippen molar-refractivity contribution in [3.8, 4) is 0 Å². The number of aliphatic imine (C=N–C) groups is 1. The van der Waals surface area contributed by atoms with Gasteiger partial charge in [-0.15, -0.1) is 5.11 Å². The Bertz CT molecular complexity index is 246. The molecule has 1 heterocycles. The third-order valence-electron chi connectivity index (χ3n) is 2.94. The number of amidine groups is 1. The van der Waals surface area contributed by atoms with Gasteiger partial charge in [-0.2, -0.15) is 0 Å². The highest BCUT2D eigenvalue weighted by atomic mass is 15.3. The number of rotatable bonds is 2. The quantitative estimate of drug-likeness (QED) is 0.247. The third kappa shape index (κ3) is 3.27. The highest BCUT2D eigenvalue weighted by Gasteiger charge is 2.25. The van der Waals surface area contributed by atoms with Crippen LogP contribution in [0.25, 0.3) is 0 Å². The Hall–Kier alpha value is -0.970. The van der Waals surface area contributed by atoms with Crippen LogP contribution in [0.15, 0.2) is 15.3 Å². The third-order valence-corrected chi connectivity index (χ3v) is 2.94. The average molecular weight is 211 g/mol. The van der Waals surface area contributed by atoms with Gasteiger partial charge in [-0.1, -0.05) is 5.22 Å². The van der Waals surface area contributed by atoms with Gasteiger partial charge in [-0.3, -0.25) is 4.99 Å². The number of likely N-dealkylation sites (tertiary alicyclic amines) is 1. The van der Waals surface area contributed by atoms with Crippen LogP contribution >= 0.6 is 0 Å². The molecule has 0 saturated carbocycles. The largest absolute Gasteiger partial charge is 0.305 e. The molecule has 2 N–H and O–H groups in total. The van der Waals surface area contributed by atoms with E-state index in [2.05, 4.69) is 34.1 Å². The lowest BCUT2D eigenvalue weighted by Gasteiger charge is -2.34. The number of nitrogens with two attached hydrogens (primary N) is 1. The van der Waals surface area contributed by atoms with Gasteiger partial charge in [0.05, 0.1) is 0 Å². The van der Waals surface area contributed by atoms with Crippen molar-refractivity contribution in [2.24, 2.45) is 27.1 Å². The van der Waals surface area contributed by atoms with Crippen molar-refractivity contribution in [2.45, 2.75) is 32.7 Å². The summed E-state index contributed by atoms with van der Waals surface area (Å²) in [5, 5.41) is 7.21. The maximum atomic E-state index is 5.07. The first-order valence-electron chi connectivity index (χ1n) is 5.50. The van der Waals surface area contributed by atoms with Gasteiger partial charge in [0.15, 0.2) is 5.84 Å². The van der Waals surface area contributed by atoms with Crippen molar-refractivity contribution in [1.82, 2.24) is 4.90 Å². The molecule has 15 heavy (non-hydrogen) atoms. The van der Waals surface area contributed by atoms with Crippen molar-refractivity contribution in [3.05, 3.63) is 0 Å². The zero-order valence-electron chi connectivity index (χ0n) is 9.85. The summed E-state index contributed by atoms with van der Waals surface area (Å²) in [4.78, 5) is 6.59. The lowest BCUT2D eigenvalue weighted by Crippen LogP contribution is -2.42. The molecule has 1 aliphatic heterocycles. The maximum absolute atomic E-state index is 5.07. The van der Waals surface area contributed by atoms with Crippen molar-refractivity contribution >= 4 is 5.84 Å². The molecule has 86 valence electrons. The van der Waals surface area contributed by atoms with Gasteiger partial charge in [0, 0.05) is 25.6 Å². The summed E-state index contributed by atoms with van der Waals surface area (Å²) in [5.74, 6) is 6.24. The molecule has 1 fully saturated rings. The first-order valence-corrected chi connectivity index (χ1v) is 5.50. The second kappa shape index (κ2) is 5.80. The summed E-state index contributed by atoms with van der Waals surface area (Å²) >= 11 is 0. The first kappa shape index (κ1) is 12.1. The lowest BCUT2D eigenvalue weighted by atomic mass is 9.96. The molecule has 5 heteroatoms. The minimum absolute atomic E-state index is 0.387. The van der Waals surface area contributed by atoms with E-state index >= 15 is 0 Å². The molecule has 0 aliphatic carbocycles. The molecule has 0 bridgehead atoms. The molecule has 1 atom stereocenters. The molecule has 1 rings (SSSR count). The number of hydrogen-bond donors (Lipinski definition) is 1. The van der Waals surface area contributed by atoms with E-state index in [1.54, 1.807) is 7.05 Å². The minimum Gasteiger partial charge on any atom is -0.305 e. The SMILES string of the molecule is CN=C(N=NN)[C@H]1CCCN(C(C)C)C1. The molecule has 0 spiro atoms. The molecular formula is C10H21N5.